The van der Waals surface area contributed by atoms with E-state index in [0.717, 1.165) is 50.6 Å². The largest absolute Gasteiger partial charge is 0.351 e. The fourth-order valence-corrected chi connectivity index (χ4v) is 4.97. The summed E-state index contributed by atoms with van der Waals surface area (Å²) in [4.78, 5) is 26.6. The van der Waals surface area contributed by atoms with Gasteiger partial charge in [-0.2, -0.15) is 0 Å². The van der Waals surface area contributed by atoms with Crippen LogP contribution in [0.15, 0.2) is 48.8 Å². The summed E-state index contributed by atoms with van der Waals surface area (Å²) in [5.74, 6) is 3.48. The van der Waals surface area contributed by atoms with Gasteiger partial charge in [-0.25, -0.2) is 15.0 Å². The molecule has 0 spiro atoms. The molecule has 36 heavy (non-hydrogen) atoms. The first-order valence-corrected chi connectivity index (χ1v) is 12.5. The second-order valence-electron chi connectivity index (χ2n) is 10.2. The van der Waals surface area contributed by atoms with E-state index >= 15 is 0 Å². The van der Waals surface area contributed by atoms with Gasteiger partial charge in [-0.3, -0.25) is 4.79 Å². The molecule has 4 aromatic rings. The van der Waals surface area contributed by atoms with E-state index in [-0.39, 0.29) is 11.8 Å². The zero-order chi connectivity index (χ0) is 25.0. The topological polar surface area (TPSA) is 84.7 Å². The predicted octanol–water partition coefficient (Wildman–Crippen LogP) is 5.63. The van der Waals surface area contributed by atoms with Crippen LogP contribution in [0.5, 0.6) is 0 Å². The van der Waals surface area contributed by atoms with Crippen LogP contribution in [-0.2, 0) is 7.05 Å². The summed E-state index contributed by atoms with van der Waals surface area (Å²) < 4.78 is 2.16. The monoisotopic (exact) mass is 478 g/mol. The highest BCUT2D eigenvalue weighted by atomic mass is 16.1. The van der Waals surface area contributed by atoms with Crippen molar-refractivity contribution in [3.63, 3.8) is 0 Å². The van der Waals surface area contributed by atoms with Gasteiger partial charge >= 0.3 is 0 Å². The van der Waals surface area contributed by atoms with Crippen molar-refractivity contribution in [1.82, 2.24) is 24.8 Å². The van der Waals surface area contributed by atoms with Crippen LogP contribution in [0, 0.1) is 13.8 Å². The number of fused-ring (bicyclic) bond motifs is 1. The Balaban J connectivity index is 1.28. The molecule has 0 radical (unpaired) electrons. The molecule has 2 aromatic heterocycles. The summed E-state index contributed by atoms with van der Waals surface area (Å²) in [6, 6.07) is 12.2. The molecule has 2 aromatic carbocycles. The van der Waals surface area contributed by atoms with Gasteiger partial charge < -0.3 is 15.2 Å². The Morgan fingerprint density at radius 2 is 1.83 bits per heavy atom. The number of nitrogens with zero attached hydrogens (tertiary/aromatic N) is 4. The van der Waals surface area contributed by atoms with Crippen LogP contribution < -0.4 is 10.6 Å². The van der Waals surface area contributed by atoms with Crippen LogP contribution >= 0.6 is 0 Å². The molecular formula is C29H30N6O. The molecule has 7 nitrogen and oxygen atoms in total. The Kier molecular flexibility index (Phi) is 5.36. The van der Waals surface area contributed by atoms with E-state index in [1.54, 1.807) is 0 Å². The molecule has 1 aliphatic carbocycles. The van der Waals surface area contributed by atoms with Crippen LogP contribution in [0.4, 0.5) is 11.5 Å². The Morgan fingerprint density at radius 3 is 2.61 bits per heavy atom. The molecule has 1 saturated carbocycles. The molecular weight excluding hydrogens is 448 g/mol. The standard InChI is InChI=1S/C29H30N6O/c1-16-11-20(7-9-22(16)25-15-35(4)28(33-25)19-5-6-19)27-30-14-18(3)26(34-27)32-21-8-10-23-24(12-21)17(2)13-31-29(23)36/h7-12,14-15,17,19H,5-6,13H2,1-4H3,(H,31,36)(H,30,32,34). The lowest BCUT2D eigenvalue weighted by atomic mass is 9.91. The first kappa shape index (κ1) is 22.5. The minimum atomic E-state index is -0.0107. The van der Waals surface area contributed by atoms with Gasteiger partial charge in [0.2, 0.25) is 0 Å². The quantitative estimate of drug-likeness (QED) is 0.388. The number of aryl methyl sites for hydroxylation is 3. The molecule has 2 N–H and O–H groups in total. The first-order chi connectivity index (χ1) is 17.4. The lowest BCUT2D eigenvalue weighted by Crippen LogP contribution is -2.33. The van der Waals surface area contributed by atoms with E-state index in [1.807, 2.05) is 25.3 Å². The highest BCUT2D eigenvalue weighted by molar-refractivity contribution is 5.97. The smallest absolute Gasteiger partial charge is 0.251 e. The van der Waals surface area contributed by atoms with Crippen molar-refractivity contribution in [2.75, 3.05) is 11.9 Å². The van der Waals surface area contributed by atoms with E-state index in [0.29, 0.717) is 18.3 Å². The van der Waals surface area contributed by atoms with Gasteiger partial charge in [0.25, 0.3) is 5.91 Å². The van der Waals surface area contributed by atoms with Gasteiger partial charge in [-0.1, -0.05) is 19.1 Å². The number of carbonyl (C=O) groups excluding carboxylic acids is 1. The lowest BCUT2D eigenvalue weighted by molar-refractivity contribution is 0.0941. The molecule has 0 saturated heterocycles. The molecule has 6 rings (SSSR count). The third-order valence-electron chi connectivity index (χ3n) is 7.25. The highest BCUT2D eigenvalue weighted by Gasteiger charge is 2.28. The Morgan fingerprint density at radius 1 is 1.03 bits per heavy atom. The SMILES string of the molecule is Cc1cc(-c2ncc(C)c(Nc3ccc4c(c3)C(C)CNC4=O)n2)ccc1-c1cn(C)c(C2CC2)n1. The van der Waals surface area contributed by atoms with Crippen molar-refractivity contribution in [2.45, 2.75) is 45.4 Å². The number of aromatic nitrogens is 4. The van der Waals surface area contributed by atoms with Crippen molar-refractivity contribution in [1.29, 1.82) is 0 Å². The maximum Gasteiger partial charge on any atom is 0.251 e. The summed E-state index contributed by atoms with van der Waals surface area (Å²) in [6.45, 7) is 6.89. The molecule has 182 valence electrons. The van der Waals surface area contributed by atoms with Gasteiger partial charge in [0.05, 0.1) is 5.69 Å². The number of amides is 1. The summed E-state index contributed by atoms with van der Waals surface area (Å²) >= 11 is 0. The van der Waals surface area contributed by atoms with Gasteiger partial charge in [0.15, 0.2) is 5.82 Å². The van der Waals surface area contributed by atoms with Crippen LogP contribution in [0.25, 0.3) is 22.6 Å². The number of rotatable bonds is 5. The maximum absolute atomic E-state index is 12.2. The molecule has 0 bridgehead atoms. The van der Waals surface area contributed by atoms with Gasteiger partial charge in [-0.15, -0.1) is 0 Å². The normalized spacial score (nSPS) is 17.0. The molecule has 7 heteroatoms. The molecule has 1 unspecified atom stereocenters. The minimum absolute atomic E-state index is 0.0107. The Bertz CT molecular complexity index is 1500. The number of hydrogen-bond acceptors (Lipinski definition) is 5. The van der Waals surface area contributed by atoms with Crippen LogP contribution in [-0.4, -0.2) is 32.0 Å². The van der Waals surface area contributed by atoms with E-state index < -0.39 is 0 Å². The first-order valence-electron chi connectivity index (χ1n) is 12.5. The zero-order valence-corrected chi connectivity index (χ0v) is 21.1. The van der Waals surface area contributed by atoms with E-state index in [4.69, 9.17) is 9.97 Å². The second-order valence-corrected chi connectivity index (χ2v) is 10.2. The zero-order valence-electron chi connectivity index (χ0n) is 21.1. The molecule has 1 aliphatic heterocycles. The summed E-state index contributed by atoms with van der Waals surface area (Å²) in [7, 11) is 2.08. The van der Waals surface area contributed by atoms with Crippen molar-refractivity contribution in [3.8, 4) is 22.6 Å². The molecule has 1 fully saturated rings. The fraction of sp³-hybridized carbons (Fsp3) is 0.310. The average Bonchev–Trinajstić information content (AvgIpc) is 3.64. The summed E-state index contributed by atoms with van der Waals surface area (Å²) in [5.41, 5.74) is 7.94. The van der Waals surface area contributed by atoms with Crippen molar-refractivity contribution < 1.29 is 4.79 Å². The lowest BCUT2D eigenvalue weighted by Gasteiger charge is -2.23. The van der Waals surface area contributed by atoms with Gasteiger partial charge in [0.1, 0.15) is 11.6 Å². The summed E-state index contributed by atoms with van der Waals surface area (Å²) in [6.07, 6.45) is 6.46. The molecule has 1 amide bonds. The number of imidazole rings is 1. The van der Waals surface area contributed by atoms with Crippen LogP contribution in [0.1, 0.15) is 64.5 Å². The third-order valence-corrected chi connectivity index (χ3v) is 7.25. The summed E-state index contributed by atoms with van der Waals surface area (Å²) in [5, 5.41) is 6.39. The average molecular weight is 479 g/mol. The van der Waals surface area contributed by atoms with Gasteiger partial charge in [-0.05, 0) is 68.0 Å². The Hall–Kier alpha value is -4.00. The highest BCUT2D eigenvalue weighted by Crippen LogP contribution is 2.40. The van der Waals surface area contributed by atoms with E-state index in [2.05, 4.69) is 71.5 Å². The Labute approximate surface area is 211 Å². The van der Waals surface area contributed by atoms with Crippen molar-refractivity contribution in [3.05, 3.63) is 76.9 Å². The molecule has 1 atom stereocenters. The number of benzene rings is 2. The minimum Gasteiger partial charge on any atom is -0.351 e. The molecule has 2 aliphatic rings. The van der Waals surface area contributed by atoms with E-state index in [1.165, 1.54) is 18.7 Å². The number of nitrogens with one attached hydrogen (secondary N) is 2. The third kappa shape index (κ3) is 4.04. The number of anilines is 2. The van der Waals surface area contributed by atoms with Crippen molar-refractivity contribution in [2.24, 2.45) is 7.05 Å². The molecule has 3 heterocycles. The maximum atomic E-state index is 12.2. The van der Waals surface area contributed by atoms with E-state index in [9.17, 15) is 4.79 Å². The second kappa shape index (κ2) is 8.59. The number of hydrogen-bond donors (Lipinski definition) is 2. The predicted molar refractivity (Wildman–Crippen MR) is 142 cm³/mol. The van der Waals surface area contributed by atoms with Crippen molar-refractivity contribution >= 4 is 17.4 Å². The fourth-order valence-electron chi connectivity index (χ4n) is 4.97. The van der Waals surface area contributed by atoms with Gasteiger partial charge in [0, 0.05) is 59.8 Å². The van der Waals surface area contributed by atoms with Crippen LogP contribution in [0.3, 0.4) is 0 Å². The van der Waals surface area contributed by atoms with Crippen LogP contribution in [0.2, 0.25) is 0 Å². The number of carbonyl (C=O) groups is 1.